The van der Waals surface area contributed by atoms with Gasteiger partial charge >= 0.3 is 0 Å². The number of pyridine rings is 1. The van der Waals surface area contributed by atoms with Crippen LogP contribution in [0, 0.1) is 13.8 Å². The van der Waals surface area contributed by atoms with Crippen LogP contribution in [0.5, 0.6) is 5.75 Å². The number of aryl methyl sites for hydroxylation is 2. The molecule has 7 nitrogen and oxygen atoms in total. The van der Waals surface area contributed by atoms with E-state index in [1.807, 2.05) is 60.7 Å². The van der Waals surface area contributed by atoms with Gasteiger partial charge in [-0.25, -0.2) is 4.98 Å². The number of β-amino-alcohol motifs (C(OH)–C–C–N with tert-alkyl or cyclic N) is 1. The summed E-state index contributed by atoms with van der Waals surface area (Å²) in [4.78, 5) is 17.3. The number of nitrogens with one attached hydrogen (secondary N) is 2. The Labute approximate surface area is 265 Å². The Balaban J connectivity index is 1.10. The highest BCUT2D eigenvalue weighted by Crippen LogP contribution is 2.23. The molecule has 1 atom stereocenters. The average Bonchev–Trinajstić information content (AvgIpc) is 3.37. The number of hydrogen-bond donors (Lipinski definition) is 4. The van der Waals surface area contributed by atoms with Crippen molar-refractivity contribution in [3.05, 3.63) is 137 Å². The van der Waals surface area contributed by atoms with Crippen LogP contribution in [0.15, 0.2) is 103 Å². The lowest BCUT2D eigenvalue weighted by atomic mass is 9.93. The van der Waals surface area contributed by atoms with Crippen molar-refractivity contribution < 1.29 is 15.0 Å². The van der Waals surface area contributed by atoms with Crippen molar-refractivity contribution >= 4 is 5.91 Å². The van der Waals surface area contributed by atoms with Gasteiger partial charge < -0.3 is 25.4 Å². The molecule has 1 amide bonds. The summed E-state index contributed by atoms with van der Waals surface area (Å²) < 4.78 is 2.09. The predicted octanol–water partition coefficient (Wildman–Crippen LogP) is 6.36. The Morgan fingerprint density at radius 1 is 0.844 bits per heavy atom. The van der Waals surface area contributed by atoms with Crippen molar-refractivity contribution in [2.45, 2.75) is 58.7 Å². The number of benzene rings is 3. The number of nitrogens with zero attached hydrogens (tertiary/aromatic N) is 2. The summed E-state index contributed by atoms with van der Waals surface area (Å²) in [5.41, 5.74) is 7.92. The molecule has 2 heterocycles. The topological polar surface area (TPSA) is 99.4 Å². The van der Waals surface area contributed by atoms with Crippen LogP contribution in [0.25, 0.3) is 16.9 Å². The van der Waals surface area contributed by atoms with E-state index in [0.29, 0.717) is 19.5 Å². The van der Waals surface area contributed by atoms with Gasteiger partial charge in [0.05, 0.1) is 12.5 Å². The van der Waals surface area contributed by atoms with E-state index < -0.39 is 6.10 Å². The Kier molecular flexibility index (Phi) is 9.81. The second-order valence-electron chi connectivity index (χ2n) is 12.4. The van der Waals surface area contributed by atoms with Crippen LogP contribution in [0.2, 0.25) is 0 Å². The molecule has 0 unspecified atom stereocenters. The zero-order valence-electron chi connectivity index (χ0n) is 26.4. The molecule has 232 valence electrons. The van der Waals surface area contributed by atoms with Crippen LogP contribution in [0.1, 0.15) is 53.6 Å². The third kappa shape index (κ3) is 8.47. The van der Waals surface area contributed by atoms with Crippen LogP contribution in [-0.4, -0.2) is 37.8 Å². The first kappa shape index (κ1) is 31.7. The average molecular weight is 603 g/mol. The van der Waals surface area contributed by atoms with Crippen molar-refractivity contribution in [2.24, 2.45) is 0 Å². The summed E-state index contributed by atoms with van der Waals surface area (Å²) in [6.07, 6.45) is 2.11. The lowest BCUT2D eigenvalue weighted by molar-refractivity contribution is -0.120. The Hall–Kier alpha value is -4.72. The molecular formula is C38H42N4O3. The zero-order valence-corrected chi connectivity index (χ0v) is 26.4. The number of aliphatic hydroxyl groups excluding tert-OH is 1. The minimum absolute atomic E-state index is 0.0306. The van der Waals surface area contributed by atoms with Crippen molar-refractivity contribution in [3.63, 3.8) is 0 Å². The molecule has 7 heteroatoms. The third-order valence-electron chi connectivity index (χ3n) is 8.08. The molecule has 0 saturated carbocycles. The molecule has 5 aromatic rings. The minimum Gasteiger partial charge on any atom is -0.508 e. The molecule has 0 bridgehead atoms. The standard InChI is InChI=1S/C38H42N4O3/c1-26-8-9-27(2)42(26)36-19-16-33(24-39-36)35(44)25-41-38(3,4)22-30-7-5-6-29(20-30)21-37(45)40-23-28-10-12-31(13-11-28)32-14-17-34(43)18-15-32/h5-20,24,35,41,43-44H,21-23,25H2,1-4H3,(H,40,45)/t35-/m0/s1. The van der Waals surface area contributed by atoms with Crippen LogP contribution >= 0.6 is 0 Å². The summed E-state index contributed by atoms with van der Waals surface area (Å²) in [6.45, 7) is 9.19. The van der Waals surface area contributed by atoms with Gasteiger partial charge in [-0.3, -0.25) is 4.79 Å². The van der Waals surface area contributed by atoms with Gasteiger partial charge in [0.2, 0.25) is 5.91 Å². The molecule has 3 aromatic carbocycles. The zero-order chi connectivity index (χ0) is 32.0. The number of carbonyl (C=O) groups is 1. The van der Waals surface area contributed by atoms with E-state index >= 15 is 0 Å². The predicted molar refractivity (Wildman–Crippen MR) is 179 cm³/mol. The molecular weight excluding hydrogens is 560 g/mol. The van der Waals surface area contributed by atoms with Gasteiger partial charge in [0.15, 0.2) is 0 Å². The van der Waals surface area contributed by atoms with Gasteiger partial charge in [0, 0.05) is 41.8 Å². The van der Waals surface area contributed by atoms with Crippen LogP contribution in [-0.2, 0) is 24.2 Å². The Morgan fingerprint density at radius 3 is 2.13 bits per heavy atom. The lowest BCUT2D eigenvalue weighted by Gasteiger charge is -2.28. The fraction of sp³-hybridized carbons (Fsp3) is 0.263. The molecule has 0 aliphatic heterocycles. The Morgan fingerprint density at radius 2 is 1.49 bits per heavy atom. The first-order chi connectivity index (χ1) is 21.6. The fourth-order valence-electron chi connectivity index (χ4n) is 5.59. The summed E-state index contributed by atoms with van der Waals surface area (Å²) in [7, 11) is 0. The van der Waals surface area contributed by atoms with Crippen molar-refractivity contribution in [1.82, 2.24) is 20.2 Å². The summed E-state index contributed by atoms with van der Waals surface area (Å²) in [6, 6.07) is 31.3. The second kappa shape index (κ2) is 13.9. The van der Waals surface area contributed by atoms with E-state index in [9.17, 15) is 15.0 Å². The Bertz CT molecular complexity index is 1700. The molecule has 0 radical (unpaired) electrons. The van der Waals surface area contributed by atoms with E-state index in [0.717, 1.165) is 57.0 Å². The summed E-state index contributed by atoms with van der Waals surface area (Å²) in [5.74, 6) is 1.05. The fourth-order valence-corrected chi connectivity index (χ4v) is 5.59. The van der Waals surface area contributed by atoms with E-state index in [-0.39, 0.29) is 17.2 Å². The number of aromatic hydroxyl groups is 1. The molecule has 4 N–H and O–H groups in total. The molecule has 2 aromatic heterocycles. The summed E-state index contributed by atoms with van der Waals surface area (Å²) >= 11 is 0. The van der Waals surface area contributed by atoms with Crippen molar-refractivity contribution in [1.29, 1.82) is 0 Å². The van der Waals surface area contributed by atoms with Crippen molar-refractivity contribution in [3.8, 4) is 22.7 Å². The molecule has 5 rings (SSSR count). The lowest BCUT2D eigenvalue weighted by Crippen LogP contribution is -2.43. The number of phenolic OH excluding ortho intramolecular Hbond substituents is 1. The number of aromatic nitrogens is 2. The maximum absolute atomic E-state index is 12.8. The van der Waals surface area contributed by atoms with Crippen LogP contribution in [0.3, 0.4) is 0 Å². The maximum Gasteiger partial charge on any atom is 0.224 e. The molecule has 0 spiro atoms. The van der Waals surface area contributed by atoms with E-state index in [2.05, 4.69) is 72.1 Å². The van der Waals surface area contributed by atoms with Crippen LogP contribution in [0.4, 0.5) is 0 Å². The highest BCUT2D eigenvalue weighted by molar-refractivity contribution is 5.78. The first-order valence-corrected chi connectivity index (χ1v) is 15.3. The smallest absolute Gasteiger partial charge is 0.224 e. The van der Waals surface area contributed by atoms with Gasteiger partial charge in [-0.15, -0.1) is 0 Å². The van der Waals surface area contributed by atoms with Crippen molar-refractivity contribution in [2.75, 3.05) is 6.54 Å². The second-order valence-corrected chi connectivity index (χ2v) is 12.4. The molecule has 0 fully saturated rings. The number of rotatable bonds is 12. The number of hydrogen-bond acceptors (Lipinski definition) is 5. The van der Waals surface area contributed by atoms with Gasteiger partial charge in [0.1, 0.15) is 11.6 Å². The van der Waals surface area contributed by atoms with Gasteiger partial charge in [-0.2, -0.15) is 0 Å². The molecule has 45 heavy (non-hydrogen) atoms. The number of aliphatic hydroxyl groups is 1. The van der Waals surface area contributed by atoms with E-state index in [4.69, 9.17) is 0 Å². The SMILES string of the molecule is Cc1ccc(C)n1-c1ccc([C@@H](O)CNC(C)(C)Cc2cccc(CC(=O)NCc3ccc(-c4ccc(O)cc4)cc3)c2)cn1. The quantitative estimate of drug-likeness (QED) is 0.133. The highest BCUT2D eigenvalue weighted by Gasteiger charge is 2.20. The van der Waals surface area contributed by atoms with E-state index in [1.54, 1.807) is 18.3 Å². The summed E-state index contributed by atoms with van der Waals surface area (Å²) in [5, 5.41) is 26.9. The molecule has 0 saturated heterocycles. The van der Waals surface area contributed by atoms with Gasteiger partial charge in [-0.1, -0.05) is 66.7 Å². The first-order valence-electron chi connectivity index (χ1n) is 15.3. The normalized spacial score (nSPS) is 12.2. The van der Waals surface area contributed by atoms with Gasteiger partial charge in [0.25, 0.3) is 0 Å². The molecule has 0 aliphatic carbocycles. The van der Waals surface area contributed by atoms with E-state index in [1.165, 1.54) is 0 Å². The highest BCUT2D eigenvalue weighted by atomic mass is 16.3. The number of carbonyl (C=O) groups excluding carboxylic acids is 1. The molecule has 0 aliphatic rings. The van der Waals surface area contributed by atoms with Crippen LogP contribution < -0.4 is 10.6 Å². The maximum atomic E-state index is 12.8. The number of amides is 1. The van der Waals surface area contributed by atoms with Gasteiger partial charge in [-0.05, 0) is 92.3 Å². The minimum atomic E-state index is -0.684. The number of phenols is 1. The monoisotopic (exact) mass is 602 g/mol. The largest absolute Gasteiger partial charge is 0.508 e. The third-order valence-corrected chi connectivity index (χ3v) is 8.08.